The predicted octanol–water partition coefficient (Wildman–Crippen LogP) is 7.13. The summed E-state index contributed by atoms with van der Waals surface area (Å²) >= 11 is 7.00. The van der Waals surface area contributed by atoms with Gasteiger partial charge in [-0.3, -0.25) is 0 Å². The molecule has 11 heteroatoms. The Morgan fingerprint density at radius 1 is 1.02 bits per heavy atom. The third kappa shape index (κ3) is 5.94. The predicted molar refractivity (Wildman–Crippen MR) is 176 cm³/mol. The fourth-order valence-corrected chi connectivity index (χ4v) is 5.97. The molecule has 1 unspecified atom stereocenters. The van der Waals surface area contributed by atoms with E-state index in [4.69, 9.17) is 30.8 Å². The van der Waals surface area contributed by atoms with Gasteiger partial charge in [-0.2, -0.15) is 5.26 Å². The molecule has 0 amide bonds. The number of halogens is 2. The van der Waals surface area contributed by atoms with Gasteiger partial charge < -0.3 is 24.0 Å². The van der Waals surface area contributed by atoms with Gasteiger partial charge in [-0.1, -0.05) is 35.9 Å². The first-order valence-electron chi connectivity index (χ1n) is 14.7. The van der Waals surface area contributed by atoms with Crippen LogP contribution in [0.4, 0.5) is 16.0 Å². The van der Waals surface area contributed by atoms with Crippen LogP contribution in [0.3, 0.4) is 0 Å². The van der Waals surface area contributed by atoms with Crippen molar-refractivity contribution >= 4 is 34.1 Å². The summed E-state index contributed by atoms with van der Waals surface area (Å²) < 4.78 is 33.4. The maximum absolute atomic E-state index is 16.6. The summed E-state index contributed by atoms with van der Waals surface area (Å²) in [7, 11) is 5.07. The lowest BCUT2D eigenvalue weighted by Gasteiger charge is -2.26. The first-order chi connectivity index (χ1) is 22.3. The lowest BCUT2D eigenvalue weighted by Crippen LogP contribution is -2.35. The minimum atomic E-state index is -0.621. The van der Waals surface area contributed by atoms with Crippen molar-refractivity contribution in [2.24, 2.45) is 0 Å². The molecule has 0 saturated carbocycles. The Morgan fingerprint density at radius 3 is 2.24 bits per heavy atom. The van der Waals surface area contributed by atoms with Crippen LogP contribution >= 0.6 is 11.6 Å². The smallest absolute Gasteiger partial charge is 0.160 e. The number of nitrogens with zero attached hydrogens (tertiary/aromatic N) is 6. The van der Waals surface area contributed by atoms with Gasteiger partial charge in [-0.15, -0.1) is 0 Å². The Balaban J connectivity index is 1.47. The number of benzene rings is 3. The molecule has 0 saturated heterocycles. The number of methoxy groups -OCH3 is 2. The van der Waals surface area contributed by atoms with Crippen LogP contribution in [0.5, 0.6) is 17.2 Å². The molecule has 0 radical (unpaired) electrons. The van der Waals surface area contributed by atoms with Gasteiger partial charge >= 0.3 is 0 Å². The Labute approximate surface area is 271 Å². The van der Waals surface area contributed by atoms with Crippen molar-refractivity contribution in [3.05, 3.63) is 94.5 Å². The highest BCUT2D eigenvalue weighted by molar-refractivity contribution is 6.36. The Hall–Kier alpha value is -5.14. The van der Waals surface area contributed by atoms with Crippen molar-refractivity contribution in [2.45, 2.75) is 32.5 Å². The molecular weight excluding hydrogens is 607 g/mol. The summed E-state index contributed by atoms with van der Waals surface area (Å²) in [6, 6.07) is 21.4. The fourth-order valence-electron chi connectivity index (χ4n) is 5.64. The van der Waals surface area contributed by atoms with E-state index >= 15 is 4.39 Å². The number of hydrogen-bond acceptors (Lipinski definition) is 9. The van der Waals surface area contributed by atoms with Crippen LogP contribution in [-0.2, 0) is 13.1 Å². The standard InChI is InChI=1S/C35H32ClFN6O3/c1-21-15-27(29-31(36)34-30-33(32(29)37)39-20-40-35(30)42(2)24(13-14-38)19-46-34)41-28(16-21)43(17-22-5-9-25(44-3)10-6-22)18-23-7-11-26(45-4)12-8-23/h5-12,15-16,20,24H,13,17-19H2,1-4H3. The summed E-state index contributed by atoms with van der Waals surface area (Å²) in [6.07, 6.45) is 1.51. The number of likely N-dealkylation sites (N-methyl/N-ethyl adjacent to an activating group) is 1. The SMILES string of the molecule is COc1ccc(CN(Cc2ccc(OC)cc2)c2cc(C)cc(-c3c(Cl)c4c5c(ncnc5c3F)N(C)C(CC#N)CO4)n2)cc1. The second kappa shape index (κ2) is 13.1. The van der Waals surface area contributed by atoms with E-state index in [0.717, 1.165) is 28.2 Å². The Bertz CT molecular complexity index is 1880. The third-order valence-corrected chi connectivity index (χ3v) is 8.49. The van der Waals surface area contributed by atoms with Crippen molar-refractivity contribution in [3.63, 3.8) is 0 Å². The first-order valence-corrected chi connectivity index (χ1v) is 15.1. The number of hydrogen-bond donors (Lipinski definition) is 0. The van der Waals surface area contributed by atoms with Gasteiger partial charge in [0.25, 0.3) is 0 Å². The molecule has 5 aromatic rings. The summed E-state index contributed by atoms with van der Waals surface area (Å²) in [4.78, 5) is 17.6. The van der Waals surface area contributed by atoms with Crippen LogP contribution in [0, 0.1) is 24.1 Å². The van der Waals surface area contributed by atoms with Gasteiger partial charge in [-0.05, 0) is 60.0 Å². The molecule has 1 atom stereocenters. The molecule has 0 bridgehead atoms. The highest BCUT2D eigenvalue weighted by atomic mass is 35.5. The minimum Gasteiger partial charge on any atom is -0.497 e. The summed E-state index contributed by atoms with van der Waals surface area (Å²) in [6.45, 7) is 3.16. The normalized spacial score (nSPS) is 13.9. The molecular formula is C35H32ClFN6O3. The van der Waals surface area contributed by atoms with Crippen molar-refractivity contribution in [2.75, 3.05) is 37.7 Å². The molecule has 3 aromatic carbocycles. The molecule has 6 rings (SSSR count). The average molecular weight is 639 g/mol. The average Bonchev–Trinajstić information content (AvgIpc) is 3.21. The molecule has 0 spiro atoms. The molecule has 0 fully saturated rings. The number of aryl methyl sites for hydroxylation is 1. The van der Waals surface area contributed by atoms with Crippen LogP contribution in [0.15, 0.2) is 67.0 Å². The molecule has 9 nitrogen and oxygen atoms in total. The van der Waals surface area contributed by atoms with Crippen molar-refractivity contribution < 1.29 is 18.6 Å². The van der Waals surface area contributed by atoms with Gasteiger partial charge in [0, 0.05) is 20.1 Å². The highest BCUT2D eigenvalue weighted by Crippen LogP contribution is 2.47. The lowest BCUT2D eigenvalue weighted by atomic mass is 10.0. The number of aromatic nitrogens is 3. The quantitative estimate of drug-likeness (QED) is 0.167. The second-order valence-electron chi connectivity index (χ2n) is 11.1. The zero-order chi connectivity index (χ0) is 32.4. The van der Waals surface area contributed by atoms with Crippen LogP contribution in [0.2, 0.25) is 5.02 Å². The topological polar surface area (TPSA) is 96.6 Å². The zero-order valence-corrected chi connectivity index (χ0v) is 26.7. The summed E-state index contributed by atoms with van der Waals surface area (Å²) in [5.41, 5.74) is 3.47. The van der Waals surface area contributed by atoms with Crippen molar-refractivity contribution in [1.82, 2.24) is 15.0 Å². The van der Waals surface area contributed by atoms with Crippen LogP contribution in [0.1, 0.15) is 23.1 Å². The minimum absolute atomic E-state index is 0.0713. The summed E-state index contributed by atoms with van der Waals surface area (Å²) in [5, 5.41) is 9.83. The van der Waals surface area contributed by atoms with E-state index in [2.05, 4.69) is 20.9 Å². The lowest BCUT2D eigenvalue weighted by molar-refractivity contribution is 0.293. The molecule has 46 heavy (non-hydrogen) atoms. The largest absolute Gasteiger partial charge is 0.497 e. The summed E-state index contributed by atoms with van der Waals surface area (Å²) in [5.74, 6) is 2.27. The molecule has 0 aliphatic carbocycles. The number of rotatable bonds is 9. The van der Waals surface area contributed by atoms with Gasteiger partial charge in [0.1, 0.15) is 41.6 Å². The van der Waals surface area contributed by atoms with Gasteiger partial charge in [-0.25, -0.2) is 19.3 Å². The number of nitriles is 1. The van der Waals surface area contributed by atoms with Crippen LogP contribution in [0.25, 0.3) is 22.2 Å². The monoisotopic (exact) mass is 638 g/mol. The van der Waals surface area contributed by atoms with E-state index < -0.39 is 5.82 Å². The van der Waals surface area contributed by atoms with Crippen molar-refractivity contribution in [1.29, 1.82) is 5.26 Å². The molecule has 1 aliphatic heterocycles. The molecule has 3 heterocycles. The number of ether oxygens (including phenoxy) is 3. The molecule has 1 aliphatic rings. The van der Waals surface area contributed by atoms with Crippen LogP contribution < -0.4 is 24.0 Å². The first kappa shape index (κ1) is 30.9. The maximum Gasteiger partial charge on any atom is 0.160 e. The van der Waals surface area contributed by atoms with Gasteiger partial charge in [0.15, 0.2) is 11.6 Å². The van der Waals surface area contributed by atoms with E-state index in [-0.39, 0.29) is 40.9 Å². The second-order valence-corrected chi connectivity index (χ2v) is 11.5. The van der Waals surface area contributed by atoms with Gasteiger partial charge in [0.2, 0.25) is 0 Å². The van der Waals surface area contributed by atoms with E-state index in [1.807, 2.05) is 66.4 Å². The van der Waals surface area contributed by atoms with Gasteiger partial charge in [0.05, 0.1) is 54.4 Å². The van der Waals surface area contributed by atoms with Crippen molar-refractivity contribution in [3.8, 4) is 34.6 Å². The number of pyridine rings is 1. The highest BCUT2D eigenvalue weighted by Gasteiger charge is 2.31. The van der Waals surface area contributed by atoms with E-state index in [0.29, 0.717) is 35.8 Å². The van der Waals surface area contributed by atoms with Crippen LogP contribution in [-0.4, -0.2) is 48.9 Å². The fraction of sp³-hybridized carbons (Fsp3) is 0.257. The maximum atomic E-state index is 16.6. The Kier molecular flexibility index (Phi) is 8.77. The van der Waals surface area contributed by atoms with E-state index in [9.17, 15) is 5.26 Å². The van der Waals surface area contributed by atoms with E-state index in [1.165, 1.54) is 6.33 Å². The zero-order valence-electron chi connectivity index (χ0n) is 25.9. The van der Waals surface area contributed by atoms with E-state index in [1.54, 1.807) is 27.3 Å². The molecule has 2 aromatic heterocycles. The third-order valence-electron chi connectivity index (χ3n) is 8.13. The number of anilines is 2. The molecule has 0 N–H and O–H groups in total. The molecule has 234 valence electrons. The Morgan fingerprint density at radius 2 is 1.65 bits per heavy atom.